The first kappa shape index (κ1) is 25.8. The topological polar surface area (TPSA) is 102 Å². The Morgan fingerprint density at radius 3 is 2.64 bits per heavy atom. The van der Waals surface area contributed by atoms with E-state index < -0.39 is 28.5 Å². The molecule has 3 atom stereocenters. The van der Waals surface area contributed by atoms with Crippen LogP contribution in [0.5, 0.6) is 5.75 Å². The summed E-state index contributed by atoms with van der Waals surface area (Å²) < 4.78 is 15.9. The van der Waals surface area contributed by atoms with Gasteiger partial charge in [-0.3, -0.25) is 24.2 Å². The second-order valence-electron chi connectivity index (χ2n) is 8.46. The highest BCUT2D eigenvalue weighted by molar-refractivity contribution is 8.15. The van der Waals surface area contributed by atoms with E-state index in [9.17, 15) is 19.2 Å². The van der Waals surface area contributed by atoms with E-state index in [1.54, 1.807) is 29.2 Å². The Morgan fingerprint density at radius 1 is 1.19 bits per heavy atom. The van der Waals surface area contributed by atoms with Gasteiger partial charge in [0.05, 0.1) is 24.9 Å². The van der Waals surface area contributed by atoms with Crippen LogP contribution in [0.3, 0.4) is 0 Å². The summed E-state index contributed by atoms with van der Waals surface area (Å²) >= 11 is 6.96. The molecular weight excluding hydrogens is 508 g/mol. The molecule has 2 fully saturated rings. The second kappa shape index (κ2) is 11.2. The first-order valence-electron chi connectivity index (χ1n) is 11.3. The van der Waals surface area contributed by atoms with Crippen LogP contribution in [0.15, 0.2) is 48.5 Å². The van der Waals surface area contributed by atoms with Crippen molar-refractivity contribution in [2.75, 3.05) is 26.8 Å². The average Bonchev–Trinajstić information content (AvgIpc) is 3.38. The van der Waals surface area contributed by atoms with Crippen molar-refractivity contribution >= 4 is 46.6 Å². The summed E-state index contributed by atoms with van der Waals surface area (Å²) in [5.41, 5.74) is 1.69. The fraction of sp³-hybridized carbons (Fsp3) is 0.360. The van der Waals surface area contributed by atoms with E-state index in [2.05, 4.69) is 4.74 Å². The largest absolute Gasteiger partial charge is 0.491 e. The fourth-order valence-corrected chi connectivity index (χ4v) is 5.16. The summed E-state index contributed by atoms with van der Waals surface area (Å²) in [6, 6.07) is 14.2. The van der Waals surface area contributed by atoms with Gasteiger partial charge in [-0.2, -0.15) is 0 Å². The summed E-state index contributed by atoms with van der Waals surface area (Å²) in [6.07, 6.45) is -0.445. The Labute approximate surface area is 217 Å². The minimum Gasteiger partial charge on any atom is -0.491 e. The Morgan fingerprint density at radius 2 is 1.94 bits per heavy atom. The fourth-order valence-electron chi connectivity index (χ4n) is 3.93. The number of halogens is 1. The van der Waals surface area contributed by atoms with E-state index in [0.717, 1.165) is 27.8 Å². The lowest BCUT2D eigenvalue weighted by Crippen LogP contribution is -2.38. The third-order valence-corrected chi connectivity index (χ3v) is 7.26. The number of esters is 1. The summed E-state index contributed by atoms with van der Waals surface area (Å²) in [7, 11) is 1.21. The highest BCUT2D eigenvalue weighted by Crippen LogP contribution is 2.31. The number of carbonyl (C=O) groups excluding carboxylic acids is 4. The zero-order valence-electron chi connectivity index (χ0n) is 19.7. The van der Waals surface area contributed by atoms with Gasteiger partial charge in [-0.25, -0.2) is 4.79 Å². The lowest BCUT2D eigenvalue weighted by atomic mass is 10.1. The quantitative estimate of drug-likeness (QED) is 0.445. The Kier molecular flexibility index (Phi) is 8.05. The van der Waals surface area contributed by atoms with Gasteiger partial charge in [0.25, 0.3) is 5.24 Å². The highest BCUT2D eigenvalue weighted by Gasteiger charge is 2.40. The minimum atomic E-state index is -0.643. The van der Waals surface area contributed by atoms with Crippen LogP contribution in [0.2, 0.25) is 5.02 Å². The minimum absolute atomic E-state index is 0.222. The molecule has 0 aromatic heterocycles. The van der Waals surface area contributed by atoms with Gasteiger partial charge in [0, 0.05) is 5.02 Å². The second-order valence-corrected chi connectivity index (χ2v) is 10.1. The molecule has 2 aromatic carbocycles. The van der Waals surface area contributed by atoms with Crippen LogP contribution in [-0.4, -0.2) is 71.1 Å². The molecule has 3 unspecified atom stereocenters. The number of rotatable bonds is 9. The van der Waals surface area contributed by atoms with Crippen molar-refractivity contribution in [1.29, 1.82) is 0 Å². The van der Waals surface area contributed by atoms with Crippen LogP contribution in [0, 0.1) is 0 Å². The number of imide groups is 1. The molecule has 11 heteroatoms. The van der Waals surface area contributed by atoms with Crippen LogP contribution >= 0.6 is 23.4 Å². The van der Waals surface area contributed by atoms with Gasteiger partial charge >= 0.3 is 12.1 Å². The van der Waals surface area contributed by atoms with Crippen molar-refractivity contribution in [3.05, 3.63) is 64.7 Å². The SMILES string of the molecule is COC(=O)CN1C(=O)SC(Cc2ccc(OCC(C)N3CC(c4cccc(Cl)c4)OC3=O)cc2)C1=O. The van der Waals surface area contributed by atoms with Gasteiger partial charge in [0.15, 0.2) is 0 Å². The third-order valence-electron chi connectivity index (χ3n) is 5.95. The molecule has 0 N–H and O–H groups in total. The van der Waals surface area contributed by atoms with E-state index in [4.69, 9.17) is 21.1 Å². The maximum Gasteiger partial charge on any atom is 0.410 e. The van der Waals surface area contributed by atoms with E-state index >= 15 is 0 Å². The van der Waals surface area contributed by atoms with Crippen LogP contribution in [0.4, 0.5) is 9.59 Å². The van der Waals surface area contributed by atoms with Crippen LogP contribution in [-0.2, 0) is 25.5 Å². The van der Waals surface area contributed by atoms with Gasteiger partial charge in [0.2, 0.25) is 5.91 Å². The number of cyclic esters (lactones) is 1. The summed E-state index contributed by atoms with van der Waals surface area (Å²) in [5, 5.41) is -0.465. The zero-order valence-corrected chi connectivity index (χ0v) is 21.3. The first-order valence-corrected chi connectivity index (χ1v) is 12.5. The van der Waals surface area contributed by atoms with Gasteiger partial charge in [0.1, 0.15) is 25.0 Å². The van der Waals surface area contributed by atoms with E-state index in [1.807, 2.05) is 31.2 Å². The lowest BCUT2D eigenvalue weighted by molar-refractivity contribution is -0.144. The highest BCUT2D eigenvalue weighted by atomic mass is 35.5. The predicted octanol–water partition coefficient (Wildman–Crippen LogP) is 4.08. The first-order chi connectivity index (χ1) is 17.2. The van der Waals surface area contributed by atoms with Crippen molar-refractivity contribution in [3.8, 4) is 5.75 Å². The molecule has 2 aliphatic heterocycles. The standard InChI is InChI=1S/C25H25ClN2O7S/c1-15(27-12-20(35-24(27)31)17-4-3-5-18(26)11-17)14-34-19-8-6-16(7-9-19)10-21-23(30)28(25(32)36-21)13-22(29)33-2/h3-9,11,15,20-21H,10,12-14H2,1-2H3. The van der Waals surface area contributed by atoms with Gasteiger partial charge < -0.3 is 14.2 Å². The number of carbonyl (C=O) groups is 4. The number of ether oxygens (including phenoxy) is 3. The Bertz CT molecular complexity index is 1160. The number of hydrogen-bond acceptors (Lipinski definition) is 8. The number of thioether (sulfide) groups is 1. The maximum atomic E-state index is 12.5. The Balaban J connectivity index is 1.28. The molecule has 0 saturated carbocycles. The molecule has 2 saturated heterocycles. The molecule has 190 valence electrons. The van der Waals surface area contributed by atoms with Crippen molar-refractivity contribution in [2.24, 2.45) is 0 Å². The smallest absolute Gasteiger partial charge is 0.410 e. The molecule has 3 amide bonds. The molecular formula is C25H25ClN2O7S. The normalized spacial score (nSPS) is 20.5. The van der Waals surface area contributed by atoms with Crippen molar-refractivity contribution in [2.45, 2.75) is 30.7 Å². The Hall–Kier alpha value is -3.24. The number of nitrogens with zero attached hydrogens (tertiary/aromatic N) is 2. The summed E-state index contributed by atoms with van der Waals surface area (Å²) in [6.45, 7) is 2.18. The lowest BCUT2D eigenvalue weighted by Gasteiger charge is -2.22. The number of methoxy groups -OCH3 is 1. The summed E-state index contributed by atoms with van der Waals surface area (Å²) in [5.74, 6) is -0.438. The van der Waals surface area contributed by atoms with E-state index in [-0.39, 0.29) is 25.3 Å². The summed E-state index contributed by atoms with van der Waals surface area (Å²) in [4.78, 5) is 51.0. The predicted molar refractivity (Wildman–Crippen MR) is 133 cm³/mol. The molecule has 2 aliphatic rings. The van der Waals surface area contributed by atoms with Crippen molar-refractivity contribution < 1.29 is 33.4 Å². The molecule has 4 rings (SSSR count). The molecule has 0 radical (unpaired) electrons. The van der Waals surface area contributed by atoms with Crippen LogP contribution in [0.1, 0.15) is 24.2 Å². The molecule has 0 aliphatic carbocycles. The molecule has 2 heterocycles. The van der Waals surface area contributed by atoms with Crippen LogP contribution < -0.4 is 4.74 Å². The molecule has 0 bridgehead atoms. The third kappa shape index (κ3) is 5.93. The number of amides is 3. The molecule has 0 spiro atoms. The molecule has 2 aromatic rings. The van der Waals surface area contributed by atoms with E-state index in [0.29, 0.717) is 23.7 Å². The average molecular weight is 533 g/mol. The van der Waals surface area contributed by atoms with Crippen molar-refractivity contribution in [3.63, 3.8) is 0 Å². The molecule has 36 heavy (non-hydrogen) atoms. The van der Waals surface area contributed by atoms with Gasteiger partial charge in [-0.05, 0) is 48.7 Å². The molecule has 9 nitrogen and oxygen atoms in total. The monoisotopic (exact) mass is 532 g/mol. The number of hydrogen-bond donors (Lipinski definition) is 0. The van der Waals surface area contributed by atoms with Crippen LogP contribution in [0.25, 0.3) is 0 Å². The number of benzene rings is 2. The maximum absolute atomic E-state index is 12.5. The van der Waals surface area contributed by atoms with Crippen molar-refractivity contribution in [1.82, 2.24) is 9.80 Å². The van der Waals surface area contributed by atoms with Gasteiger partial charge in [-0.15, -0.1) is 0 Å². The van der Waals surface area contributed by atoms with E-state index in [1.165, 1.54) is 7.11 Å². The van der Waals surface area contributed by atoms with Gasteiger partial charge in [-0.1, -0.05) is 47.6 Å². The zero-order chi connectivity index (χ0) is 25.8.